The molecule has 0 radical (unpaired) electrons. The summed E-state index contributed by atoms with van der Waals surface area (Å²) in [5, 5.41) is 21.1. The van der Waals surface area contributed by atoms with Crippen LogP contribution in [0.1, 0.15) is 55.8 Å². The third kappa shape index (κ3) is 4.78. The molecule has 1 atom stereocenters. The van der Waals surface area contributed by atoms with E-state index in [0.29, 0.717) is 12.7 Å². The number of hydrogen-bond acceptors (Lipinski definition) is 6. The van der Waals surface area contributed by atoms with E-state index in [9.17, 15) is 24.8 Å². The predicted octanol–water partition coefficient (Wildman–Crippen LogP) is 2.68. The van der Waals surface area contributed by atoms with Crippen LogP contribution in [0.4, 0.5) is 5.69 Å². The molecule has 0 spiro atoms. The Morgan fingerprint density at radius 2 is 2.12 bits per heavy atom. The molecular formula is C18H24N2O6. The van der Waals surface area contributed by atoms with E-state index in [2.05, 4.69) is 0 Å². The van der Waals surface area contributed by atoms with E-state index in [1.165, 1.54) is 23.1 Å². The molecule has 0 saturated heterocycles. The molecule has 8 nitrogen and oxygen atoms in total. The Morgan fingerprint density at radius 3 is 2.69 bits per heavy atom. The van der Waals surface area contributed by atoms with Crippen LogP contribution in [0.15, 0.2) is 18.2 Å². The van der Waals surface area contributed by atoms with Gasteiger partial charge in [-0.1, -0.05) is 26.2 Å². The molecule has 0 bridgehead atoms. The number of nitro benzene ring substituents is 1. The molecule has 1 saturated carbocycles. The summed E-state index contributed by atoms with van der Waals surface area (Å²) in [6, 6.07) is 3.75. The molecule has 1 amide bonds. The highest BCUT2D eigenvalue weighted by atomic mass is 16.6. The van der Waals surface area contributed by atoms with Gasteiger partial charge in [0.05, 0.1) is 10.5 Å². The minimum absolute atomic E-state index is 0.00260. The second-order valence-electron chi connectivity index (χ2n) is 6.37. The van der Waals surface area contributed by atoms with Crippen molar-refractivity contribution in [1.29, 1.82) is 0 Å². The molecule has 26 heavy (non-hydrogen) atoms. The Labute approximate surface area is 151 Å². The Morgan fingerprint density at radius 1 is 1.42 bits per heavy atom. The molecule has 1 aliphatic carbocycles. The van der Waals surface area contributed by atoms with Gasteiger partial charge in [0, 0.05) is 12.1 Å². The molecule has 1 aliphatic rings. The van der Waals surface area contributed by atoms with E-state index < -0.39 is 11.2 Å². The monoisotopic (exact) mass is 364 g/mol. The maximum atomic E-state index is 12.6. The largest absolute Gasteiger partial charge is 0.484 e. The fourth-order valence-electron chi connectivity index (χ4n) is 3.27. The van der Waals surface area contributed by atoms with Crippen LogP contribution >= 0.6 is 0 Å². The molecule has 0 aliphatic heterocycles. The van der Waals surface area contributed by atoms with Gasteiger partial charge in [-0.3, -0.25) is 19.7 Å². The van der Waals surface area contributed by atoms with Crippen molar-refractivity contribution in [3.63, 3.8) is 0 Å². The predicted molar refractivity (Wildman–Crippen MR) is 94.0 cm³/mol. The van der Waals surface area contributed by atoms with Gasteiger partial charge >= 0.3 is 0 Å². The van der Waals surface area contributed by atoms with Crippen LogP contribution in [-0.2, 0) is 4.79 Å². The number of carbonyl (C=O) groups is 2. The number of aldehydes is 1. The van der Waals surface area contributed by atoms with Crippen molar-refractivity contribution in [2.45, 2.75) is 57.7 Å². The highest BCUT2D eigenvalue weighted by Gasteiger charge is 2.30. The summed E-state index contributed by atoms with van der Waals surface area (Å²) in [4.78, 5) is 35.3. The van der Waals surface area contributed by atoms with Crippen LogP contribution in [0.5, 0.6) is 5.75 Å². The highest BCUT2D eigenvalue weighted by Crippen LogP contribution is 2.26. The van der Waals surface area contributed by atoms with Gasteiger partial charge in [0.25, 0.3) is 11.6 Å². The zero-order chi connectivity index (χ0) is 19.1. The van der Waals surface area contributed by atoms with E-state index >= 15 is 0 Å². The van der Waals surface area contributed by atoms with Crippen molar-refractivity contribution in [2.75, 3.05) is 6.61 Å². The summed E-state index contributed by atoms with van der Waals surface area (Å²) in [6.07, 6.45) is 4.83. The maximum absolute atomic E-state index is 12.6. The molecule has 142 valence electrons. The van der Waals surface area contributed by atoms with Gasteiger partial charge in [-0.05, 0) is 31.4 Å². The van der Waals surface area contributed by atoms with Crippen LogP contribution in [0.3, 0.4) is 0 Å². The number of carbonyl (C=O) groups excluding carboxylic acids is 2. The van der Waals surface area contributed by atoms with Crippen LogP contribution in [0, 0.1) is 10.1 Å². The van der Waals surface area contributed by atoms with Gasteiger partial charge in [0.15, 0.2) is 12.9 Å². The fourth-order valence-corrected chi connectivity index (χ4v) is 3.27. The number of nitro groups is 1. The zero-order valence-electron chi connectivity index (χ0n) is 14.8. The molecule has 1 N–H and O–H groups in total. The number of hydrogen-bond donors (Lipinski definition) is 1. The van der Waals surface area contributed by atoms with Crippen molar-refractivity contribution in [3.8, 4) is 5.75 Å². The third-order valence-corrected chi connectivity index (χ3v) is 4.63. The molecule has 1 fully saturated rings. The van der Waals surface area contributed by atoms with Crippen LogP contribution in [-0.4, -0.2) is 46.0 Å². The number of rotatable bonds is 8. The first-order valence-corrected chi connectivity index (χ1v) is 8.83. The Balaban J connectivity index is 2.07. The van der Waals surface area contributed by atoms with E-state index in [0.717, 1.165) is 32.1 Å². The summed E-state index contributed by atoms with van der Waals surface area (Å²) in [5.41, 5.74) is -0.429. The molecular weight excluding hydrogens is 340 g/mol. The first-order valence-electron chi connectivity index (χ1n) is 8.83. The van der Waals surface area contributed by atoms with Crippen molar-refractivity contribution >= 4 is 17.9 Å². The number of aliphatic hydroxyl groups excluding tert-OH is 1. The molecule has 1 aromatic carbocycles. The normalized spacial score (nSPS) is 15.9. The van der Waals surface area contributed by atoms with Gasteiger partial charge in [0.1, 0.15) is 12.0 Å². The van der Waals surface area contributed by atoms with Gasteiger partial charge in [-0.15, -0.1) is 0 Å². The van der Waals surface area contributed by atoms with Crippen molar-refractivity contribution < 1.29 is 24.4 Å². The second-order valence-corrected chi connectivity index (χ2v) is 6.37. The average Bonchev–Trinajstić information content (AvgIpc) is 2.66. The first kappa shape index (κ1) is 19.8. The lowest BCUT2D eigenvalue weighted by Crippen LogP contribution is -2.49. The van der Waals surface area contributed by atoms with Crippen LogP contribution < -0.4 is 4.74 Å². The van der Waals surface area contributed by atoms with Gasteiger partial charge in [0.2, 0.25) is 0 Å². The minimum atomic E-state index is -0.864. The lowest BCUT2D eigenvalue weighted by molar-refractivity contribution is -0.385. The third-order valence-electron chi connectivity index (χ3n) is 4.63. The number of ether oxygens (including phenoxy) is 1. The molecule has 1 aromatic rings. The van der Waals surface area contributed by atoms with Crippen LogP contribution in [0.2, 0.25) is 0 Å². The van der Waals surface area contributed by atoms with Gasteiger partial charge < -0.3 is 14.7 Å². The summed E-state index contributed by atoms with van der Waals surface area (Å²) in [7, 11) is 0. The first-order chi connectivity index (χ1) is 12.5. The maximum Gasteiger partial charge on any atom is 0.280 e. The zero-order valence-corrected chi connectivity index (χ0v) is 14.8. The van der Waals surface area contributed by atoms with E-state index in [1.54, 1.807) is 6.92 Å². The number of nitrogens with zero attached hydrogens (tertiary/aromatic N) is 2. The number of benzene rings is 1. The summed E-state index contributed by atoms with van der Waals surface area (Å²) >= 11 is 0. The highest BCUT2D eigenvalue weighted by molar-refractivity contribution is 5.82. The Hall–Kier alpha value is -2.48. The Kier molecular flexibility index (Phi) is 7.08. The summed E-state index contributed by atoms with van der Waals surface area (Å²) in [5.74, 6) is -0.141. The molecule has 0 heterocycles. The summed E-state index contributed by atoms with van der Waals surface area (Å²) < 4.78 is 5.43. The molecule has 1 unspecified atom stereocenters. The van der Waals surface area contributed by atoms with E-state index in [-0.39, 0.29) is 35.6 Å². The lowest BCUT2D eigenvalue weighted by atomic mass is 9.93. The van der Waals surface area contributed by atoms with Crippen molar-refractivity contribution in [2.24, 2.45) is 0 Å². The smallest absolute Gasteiger partial charge is 0.280 e. The van der Waals surface area contributed by atoms with E-state index in [1.807, 2.05) is 0 Å². The van der Waals surface area contributed by atoms with Crippen molar-refractivity contribution in [3.05, 3.63) is 33.9 Å². The second kappa shape index (κ2) is 9.28. The van der Waals surface area contributed by atoms with Gasteiger partial charge in [-0.2, -0.15) is 0 Å². The molecule has 8 heteroatoms. The van der Waals surface area contributed by atoms with Crippen molar-refractivity contribution in [1.82, 2.24) is 4.90 Å². The van der Waals surface area contributed by atoms with Gasteiger partial charge in [-0.25, -0.2) is 0 Å². The fraction of sp³-hybridized carbons (Fsp3) is 0.556. The number of aliphatic hydroxyl groups is 1. The summed E-state index contributed by atoms with van der Waals surface area (Å²) in [6.45, 7) is 1.50. The minimum Gasteiger partial charge on any atom is -0.484 e. The van der Waals surface area contributed by atoms with Crippen LogP contribution in [0.25, 0.3) is 0 Å². The topological polar surface area (TPSA) is 110 Å². The average molecular weight is 364 g/mol. The molecule has 2 rings (SSSR count). The quantitative estimate of drug-likeness (QED) is 0.329. The SMILES string of the molecule is CCC(O)N(C(=O)COc1ccc([N+](=O)[O-])c(C=O)c1)C1CCCCC1. The number of amides is 1. The standard InChI is InChI=1S/C18H24N2O6/c1-2-17(22)19(14-6-4-3-5-7-14)18(23)12-26-15-8-9-16(20(24)25)13(10-15)11-21/h8-11,14,17,22H,2-7,12H2,1H3. The Bertz CT molecular complexity index is 657. The lowest BCUT2D eigenvalue weighted by Gasteiger charge is -2.37. The van der Waals surface area contributed by atoms with E-state index in [4.69, 9.17) is 4.74 Å². The molecule has 0 aromatic heterocycles.